The number of hydrogen-bond acceptors (Lipinski definition) is 2. The highest BCUT2D eigenvalue weighted by atomic mass is 32.1. The highest BCUT2D eigenvalue weighted by Gasteiger charge is 2.39. The Bertz CT molecular complexity index is 2400. The van der Waals surface area contributed by atoms with Crippen LogP contribution in [0.5, 0.6) is 0 Å². The van der Waals surface area contributed by atoms with E-state index in [4.69, 9.17) is 0 Å². The molecular weight excluding hydrogens is 579 g/mol. The number of fused-ring (bicyclic) bond motifs is 8. The molecule has 1 aromatic heterocycles. The van der Waals surface area contributed by atoms with E-state index in [0.717, 1.165) is 11.4 Å². The molecule has 0 aliphatic carbocycles. The molecule has 214 valence electrons. The highest BCUT2D eigenvalue weighted by Crippen LogP contribution is 2.44. The predicted molar refractivity (Wildman–Crippen MR) is 199 cm³/mol. The lowest BCUT2D eigenvalue weighted by atomic mass is 10.0. The van der Waals surface area contributed by atoms with Crippen molar-refractivity contribution in [1.29, 1.82) is 0 Å². The van der Waals surface area contributed by atoms with Gasteiger partial charge in [0.2, 0.25) is 0 Å². The fraction of sp³-hybridized carbons (Fsp3) is 0.0476. The molecule has 1 nitrogen and oxygen atoms in total. The molecule has 1 aliphatic rings. The van der Waals surface area contributed by atoms with E-state index in [0.29, 0.717) is 0 Å². The van der Waals surface area contributed by atoms with Gasteiger partial charge in [-0.1, -0.05) is 116 Å². The maximum absolute atomic E-state index is 2.52. The van der Waals surface area contributed by atoms with Gasteiger partial charge in [0.05, 0.1) is 0 Å². The van der Waals surface area contributed by atoms with E-state index in [1.54, 1.807) is 5.19 Å². The van der Waals surface area contributed by atoms with Crippen LogP contribution >= 0.6 is 11.3 Å². The molecule has 0 saturated heterocycles. The van der Waals surface area contributed by atoms with Gasteiger partial charge in [-0.25, -0.2) is 0 Å². The molecule has 3 heteroatoms. The summed E-state index contributed by atoms with van der Waals surface area (Å²) in [6, 6.07) is 56.0. The first kappa shape index (κ1) is 26.4. The summed E-state index contributed by atoms with van der Waals surface area (Å²) in [5.74, 6) is 0. The minimum absolute atomic E-state index is 1.16. The zero-order valence-corrected chi connectivity index (χ0v) is 27.1. The molecule has 0 unspecified atom stereocenters. The van der Waals surface area contributed by atoms with E-state index in [9.17, 15) is 0 Å². The summed E-state index contributed by atoms with van der Waals surface area (Å²) >= 11 is 1.95. The highest BCUT2D eigenvalue weighted by molar-refractivity contribution is 7.26. The molecular formula is C42H31NSSi. The zero-order chi connectivity index (χ0) is 30.1. The minimum Gasteiger partial charge on any atom is -0.311 e. The second-order valence-corrected chi connectivity index (χ2v) is 18.0. The van der Waals surface area contributed by atoms with Crippen LogP contribution in [0.2, 0.25) is 13.1 Å². The summed E-state index contributed by atoms with van der Waals surface area (Å²) in [6.07, 6.45) is 0. The molecule has 2 heterocycles. The number of thiophene rings is 1. The van der Waals surface area contributed by atoms with Crippen molar-refractivity contribution in [2.45, 2.75) is 13.1 Å². The first-order valence-electron chi connectivity index (χ1n) is 15.6. The van der Waals surface area contributed by atoms with E-state index in [1.807, 2.05) is 11.3 Å². The lowest BCUT2D eigenvalue weighted by Gasteiger charge is -2.27. The van der Waals surface area contributed by atoms with Crippen LogP contribution in [0.4, 0.5) is 17.1 Å². The molecule has 0 amide bonds. The van der Waals surface area contributed by atoms with Crippen LogP contribution in [-0.4, -0.2) is 8.07 Å². The normalized spacial score (nSPS) is 13.3. The van der Waals surface area contributed by atoms with Crippen molar-refractivity contribution >= 4 is 77.8 Å². The number of anilines is 3. The Morgan fingerprint density at radius 1 is 0.489 bits per heavy atom. The van der Waals surface area contributed by atoms with E-state index in [1.165, 1.54) is 64.1 Å². The SMILES string of the molecule is C[Si]1(C)c2cc(N(c3ccccc3)c3ccc(-c4ccc5ccccc5c4)cc3)ccc2-c2c1ccc1c2sc2ccccc21. The predicted octanol–water partition coefficient (Wildman–Crippen LogP) is 11.1. The largest absolute Gasteiger partial charge is 0.311 e. The molecule has 0 radical (unpaired) electrons. The molecule has 45 heavy (non-hydrogen) atoms. The molecule has 0 fully saturated rings. The first-order chi connectivity index (χ1) is 22.1. The van der Waals surface area contributed by atoms with Gasteiger partial charge in [0, 0.05) is 37.2 Å². The van der Waals surface area contributed by atoms with E-state index in [-0.39, 0.29) is 0 Å². The zero-order valence-electron chi connectivity index (χ0n) is 25.3. The Hall–Kier alpha value is -4.96. The van der Waals surface area contributed by atoms with Crippen LogP contribution in [-0.2, 0) is 0 Å². The third-order valence-electron chi connectivity index (χ3n) is 9.65. The van der Waals surface area contributed by atoms with Gasteiger partial charge < -0.3 is 4.90 Å². The fourth-order valence-electron chi connectivity index (χ4n) is 7.32. The molecule has 0 bridgehead atoms. The van der Waals surface area contributed by atoms with E-state index >= 15 is 0 Å². The molecule has 0 spiro atoms. The van der Waals surface area contributed by atoms with Gasteiger partial charge in [-0.2, -0.15) is 0 Å². The summed E-state index contributed by atoms with van der Waals surface area (Å²) in [5, 5.41) is 8.37. The summed E-state index contributed by atoms with van der Waals surface area (Å²) < 4.78 is 2.80. The van der Waals surface area contributed by atoms with Crippen LogP contribution in [0, 0.1) is 0 Å². The molecule has 8 aromatic rings. The third-order valence-corrected chi connectivity index (χ3v) is 14.4. The third kappa shape index (κ3) is 4.12. The Balaban J connectivity index is 1.17. The summed E-state index contributed by atoms with van der Waals surface area (Å²) in [6.45, 7) is 5.04. The Kier molecular flexibility index (Phi) is 5.89. The molecule has 0 N–H and O–H groups in total. The van der Waals surface area contributed by atoms with Crippen molar-refractivity contribution in [1.82, 2.24) is 0 Å². The van der Waals surface area contributed by atoms with Crippen molar-refractivity contribution in [3.63, 3.8) is 0 Å². The van der Waals surface area contributed by atoms with Crippen molar-refractivity contribution in [2.75, 3.05) is 4.90 Å². The van der Waals surface area contributed by atoms with Crippen LogP contribution < -0.4 is 15.3 Å². The van der Waals surface area contributed by atoms with Crippen molar-refractivity contribution in [3.05, 3.63) is 152 Å². The Morgan fingerprint density at radius 2 is 1.18 bits per heavy atom. The Morgan fingerprint density at radius 3 is 2.02 bits per heavy atom. The van der Waals surface area contributed by atoms with E-state index < -0.39 is 8.07 Å². The summed E-state index contributed by atoms with van der Waals surface area (Å²) in [7, 11) is -1.92. The van der Waals surface area contributed by atoms with Crippen molar-refractivity contribution in [3.8, 4) is 22.3 Å². The minimum atomic E-state index is -1.92. The first-order valence-corrected chi connectivity index (χ1v) is 19.4. The quantitative estimate of drug-likeness (QED) is 0.179. The van der Waals surface area contributed by atoms with Crippen molar-refractivity contribution in [2.24, 2.45) is 0 Å². The topological polar surface area (TPSA) is 3.24 Å². The standard InChI is InChI=1S/C42H31NSSi/c1-45(2)39-25-24-36-35-14-8-9-15-38(35)44-42(36)41(39)37-23-22-34(27-40(37)45)43(32-12-4-3-5-13-32)33-20-18-29(19-21-33)31-17-16-28-10-6-7-11-30(28)26-31/h3-27H,1-2H3. The fourth-order valence-corrected chi connectivity index (χ4v) is 11.7. The van der Waals surface area contributed by atoms with Crippen LogP contribution in [0.15, 0.2) is 152 Å². The maximum Gasteiger partial charge on any atom is 0.114 e. The smallest absolute Gasteiger partial charge is 0.114 e. The van der Waals surface area contributed by atoms with Gasteiger partial charge in [0.25, 0.3) is 0 Å². The lowest BCUT2D eigenvalue weighted by molar-refractivity contribution is 1.29. The molecule has 7 aromatic carbocycles. The van der Waals surface area contributed by atoms with Crippen LogP contribution in [0.25, 0.3) is 53.2 Å². The monoisotopic (exact) mass is 609 g/mol. The van der Waals surface area contributed by atoms with Gasteiger partial charge in [-0.15, -0.1) is 11.3 Å². The van der Waals surface area contributed by atoms with Gasteiger partial charge in [0.15, 0.2) is 0 Å². The number of nitrogens with zero attached hydrogens (tertiary/aromatic N) is 1. The van der Waals surface area contributed by atoms with Gasteiger partial charge in [-0.05, 0) is 91.9 Å². The van der Waals surface area contributed by atoms with Crippen LogP contribution in [0.3, 0.4) is 0 Å². The Labute approximate surface area is 268 Å². The average molecular weight is 610 g/mol. The lowest BCUT2D eigenvalue weighted by Crippen LogP contribution is -2.49. The van der Waals surface area contributed by atoms with Gasteiger partial charge in [-0.3, -0.25) is 0 Å². The second kappa shape index (κ2) is 10.0. The summed E-state index contributed by atoms with van der Waals surface area (Å²) in [4.78, 5) is 2.41. The number of rotatable bonds is 4. The van der Waals surface area contributed by atoms with Gasteiger partial charge >= 0.3 is 0 Å². The van der Waals surface area contributed by atoms with E-state index in [2.05, 4.69) is 170 Å². The second-order valence-electron chi connectivity index (χ2n) is 12.6. The number of hydrogen-bond donors (Lipinski definition) is 0. The molecule has 1 aliphatic heterocycles. The number of para-hydroxylation sites is 1. The van der Waals surface area contributed by atoms with Crippen LogP contribution in [0.1, 0.15) is 0 Å². The molecule has 9 rings (SSSR count). The van der Waals surface area contributed by atoms with Crippen molar-refractivity contribution < 1.29 is 0 Å². The van der Waals surface area contributed by atoms with Gasteiger partial charge in [0.1, 0.15) is 8.07 Å². The maximum atomic E-state index is 2.52. The molecule has 0 atom stereocenters. The summed E-state index contributed by atoms with van der Waals surface area (Å²) in [5.41, 5.74) is 8.88. The molecule has 0 saturated carbocycles. The average Bonchev–Trinajstić information content (AvgIpc) is 3.58. The number of benzene rings is 7.